The molecule has 0 amide bonds. The van der Waals surface area contributed by atoms with Crippen LogP contribution in [0.2, 0.25) is 10.0 Å². The van der Waals surface area contributed by atoms with E-state index >= 15 is 0 Å². The molecule has 0 aliphatic heterocycles. The van der Waals surface area contributed by atoms with Crippen LogP contribution in [-0.4, -0.2) is 6.04 Å². The van der Waals surface area contributed by atoms with Crippen molar-refractivity contribution in [3.8, 4) is 5.75 Å². The fourth-order valence-corrected chi connectivity index (χ4v) is 3.97. The van der Waals surface area contributed by atoms with Crippen LogP contribution in [-0.2, 0) is 13.2 Å². The van der Waals surface area contributed by atoms with Gasteiger partial charge >= 0.3 is 0 Å². The van der Waals surface area contributed by atoms with Crippen molar-refractivity contribution in [1.82, 2.24) is 5.32 Å². The van der Waals surface area contributed by atoms with Gasteiger partial charge in [0, 0.05) is 28.7 Å². The van der Waals surface area contributed by atoms with Gasteiger partial charge in [-0.2, -0.15) is 0 Å². The normalized spacial score (nSPS) is 16.0. The molecule has 0 atom stereocenters. The highest BCUT2D eigenvalue weighted by molar-refractivity contribution is 6.31. The van der Waals surface area contributed by atoms with Gasteiger partial charge in [0.05, 0.1) is 5.02 Å². The van der Waals surface area contributed by atoms with Crippen molar-refractivity contribution in [2.45, 2.75) is 64.1 Å². The van der Waals surface area contributed by atoms with Gasteiger partial charge in [0.1, 0.15) is 18.2 Å². The zero-order valence-electron chi connectivity index (χ0n) is 15.4. The topological polar surface area (TPSA) is 21.3 Å². The van der Waals surface area contributed by atoms with Crippen LogP contribution in [0.25, 0.3) is 0 Å². The van der Waals surface area contributed by atoms with Gasteiger partial charge in [-0.05, 0) is 43.2 Å². The molecule has 1 saturated carbocycles. The molecule has 0 unspecified atom stereocenters. The summed E-state index contributed by atoms with van der Waals surface area (Å²) in [6, 6.07) is 10.7. The molecule has 1 aliphatic carbocycles. The molecule has 0 radical (unpaired) electrons. The lowest BCUT2D eigenvalue weighted by Crippen LogP contribution is -2.29. The fraction of sp³-hybridized carbons (Fsp3) is 0.455. The van der Waals surface area contributed by atoms with Gasteiger partial charge < -0.3 is 10.1 Å². The Labute approximate surface area is 171 Å². The third-order valence-corrected chi connectivity index (χ3v) is 5.73. The highest BCUT2D eigenvalue weighted by Gasteiger charge is 2.14. The minimum Gasteiger partial charge on any atom is -0.488 e. The first kappa shape index (κ1) is 20.4. The molecule has 0 heterocycles. The number of nitrogens with one attached hydrogen (secondary N) is 1. The minimum atomic E-state index is -0.356. The minimum absolute atomic E-state index is 0.0869. The molecule has 0 aromatic heterocycles. The van der Waals surface area contributed by atoms with Gasteiger partial charge in [-0.15, -0.1) is 0 Å². The van der Waals surface area contributed by atoms with Crippen LogP contribution >= 0.6 is 23.2 Å². The molecule has 2 nitrogen and oxygen atoms in total. The number of benzene rings is 2. The second-order valence-corrected chi connectivity index (χ2v) is 8.01. The fourth-order valence-electron chi connectivity index (χ4n) is 3.56. The zero-order chi connectivity index (χ0) is 19.1. The van der Waals surface area contributed by atoms with Crippen LogP contribution in [0.3, 0.4) is 0 Å². The number of hydrogen-bond acceptors (Lipinski definition) is 2. The van der Waals surface area contributed by atoms with Crippen LogP contribution in [0.4, 0.5) is 4.39 Å². The van der Waals surface area contributed by atoms with Gasteiger partial charge in [-0.25, -0.2) is 4.39 Å². The zero-order valence-corrected chi connectivity index (χ0v) is 17.0. The highest BCUT2D eigenvalue weighted by Crippen LogP contribution is 2.27. The molecule has 0 bridgehead atoms. The van der Waals surface area contributed by atoms with E-state index in [-0.39, 0.29) is 12.4 Å². The average molecular weight is 410 g/mol. The second kappa shape index (κ2) is 10.3. The molecule has 1 fully saturated rings. The SMILES string of the molecule is Fc1cccc(Cl)c1COc1ccc(Cl)cc1CNC1CCCCCCC1. The van der Waals surface area contributed by atoms with Gasteiger partial charge in [0.2, 0.25) is 0 Å². The first-order chi connectivity index (χ1) is 13.1. The Balaban J connectivity index is 1.65. The van der Waals surface area contributed by atoms with Gasteiger partial charge in [0.15, 0.2) is 0 Å². The summed E-state index contributed by atoms with van der Waals surface area (Å²) in [6.07, 6.45) is 8.99. The van der Waals surface area contributed by atoms with Gasteiger partial charge in [-0.3, -0.25) is 0 Å². The number of rotatable bonds is 6. The molecule has 146 valence electrons. The van der Waals surface area contributed by atoms with Crippen molar-refractivity contribution in [1.29, 1.82) is 0 Å². The Morgan fingerprint density at radius 3 is 2.48 bits per heavy atom. The predicted molar refractivity (Wildman–Crippen MR) is 110 cm³/mol. The first-order valence-electron chi connectivity index (χ1n) is 9.71. The molecule has 5 heteroatoms. The van der Waals surface area contributed by atoms with Crippen LogP contribution < -0.4 is 10.1 Å². The van der Waals surface area contributed by atoms with E-state index in [0.29, 0.717) is 33.9 Å². The van der Waals surface area contributed by atoms with Crippen molar-refractivity contribution in [2.24, 2.45) is 0 Å². The Bertz CT molecular complexity index is 725. The van der Waals surface area contributed by atoms with E-state index in [2.05, 4.69) is 5.32 Å². The summed E-state index contributed by atoms with van der Waals surface area (Å²) in [5, 5.41) is 4.70. The maximum Gasteiger partial charge on any atom is 0.131 e. The maximum atomic E-state index is 14.0. The van der Waals surface area contributed by atoms with E-state index in [4.69, 9.17) is 27.9 Å². The summed E-state index contributed by atoms with van der Waals surface area (Å²) < 4.78 is 19.9. The molecule has 0 spiro atoms. The molecular formula is C22H26Cl2FNO. The number of ether oxygens (including phenoxy) is 1. The van der Waals surface area contributed by atoms with Gasteiger partial charge in [-0.1, -0.05) is 61.4 Å². The molecule has 1 N–H and O–H groups in total. The quantitative estimate of drug-likeness (QED) is 0.559. The van der Waals surface area contributed by atoms with E-state index < -0.39 is 0 Å². The van der Waals surface area contributed by atoms with Crippen LogP contribution in [0.5, 0.6) is 5.75 Å². The first-order valence-corrected chi connectivity index (χ1v) is 10.5. The third-order valence-electron chi connectivity index (χ3n) is 5.14. The Kier molecular flexibility index (Phi) is 7.81. The lowest BCUT2D eigenvalue weighted by molar-refractivity contribution is 0.294. The lowest BCUT2D eigenvalue weighted by atomic mass is 9.96. The lowest BCUT2D eigenvalue weighted by Gasteiger charge is -2.22. The monoisotopic (exact) mass is 409 g/mol. The van der Waals surface area contributed by atoms with Crippen LogP contribution in [0, 0.1) is 5.82 Å². The van der Waals surface area contributed by atoms with Gasteiger partial charge in [0.25, 0.3) is 0 Å². The summed E-state index contributed by atoms with van der Waals surface area (Å²) in [7, 11) is 0. The molecule has 27 heavy (non-hydrogen) atoms. The van der Waals surface area contributed by atoms with E-state index in [1.165, 1.54) is 51.0 Å². The third kappa shape index (κ3) is 6.10. The standard InChI is InChI=1S/C22H26Cl2FNO/c23-17-11-12-22(27-15-19-20(24)9-6-10-21(19)25)16(13-17)14-26-18-7-4-2-1-3-5-8-18/h6,9-13,18,26H,1-5,7-8,14-15H2. The molecule has 2 aromatic carbocycles. The van der Waals surface area contributed by atoms with E-state index in [0.717, 1.165) is 5.56 Å². The van der Waals surface area contributed by atoms with Crippen molar-refractivity contribution >= 4 is 23.2 Å². The molecule has 1 aliphatic rings. The van der Waals surface area contributed by atoms with Crippen molar-refractivity contribution in [3.63, 3.8) is 0 Å². The summed E-state index contributed by atoms with van der Waals surface area (Å²) in [6.45, 7) is 0.773. The average Bonchev–Trinajstić information content (AvgIpc) is 2.62. The van der Waals surface area contributed by atoms with Crippen molar-refractivity contribution in [2.75, 3.05) is 0 Å². The van der Waals surface area contributed by atoms with Crippen molar-refractivity contribution < 1.29 is 9.13 Å². The number of halogens is 3. The molecule has 2 aromatic rings. The Morgan fingerprint density at radius 2 is 1.74 bits per heavy atom. The number of hydrogen-bond donors (Lipinski definition) is 1. The van der Waals surface area contributed by atoms with E-state index in [1.807, 2.05) is 12.1 Å². The summed E-state index contributed by atoms with van der Waals surface area (Å²) in [4.78, 5) is 0. The molecular weight excluding hydrogens is 384 g/mol. The smallest absolute Gasteiger partial charge is 0.131 e. The highest BCUT2D eigenvalue weighted by atomic mass is 35.5. The largest absolute Gasteiger partial charge is 0.488 e. The van der Waals surface area contributed by atoms with E-state index in [1.54, 1.807) is 18.2 Å². The Morgan fingerprint density at radius 1 is 1.00 bits per heavy atom. The summed E-state index contributed by atoms with van der Waals surface area (Å²) in [5.41, 5.74) is 1.35. The Hall–Kier alpha value is -1.29. The summed E-state index contributed by atoms with van der Waals surface area (Å²) >= 11 is 12.3. The van der Waals surface area contributed by atoms with Crippen molar-refractivity contribution in [3.05, 3.63) is 63.4 Å². The molecule has 3 rings (SSSR count). The van der Waals surface area contributed by atoms with Crippen LogP contribution in [0.1, 0.15) is 56.1 Å². The van der Waals surface area contributed by atoms with Crippen LogP contribution in [0.15, 0.2) is 36.4 Å². The maximum absolute atomic E-state index is 14.0. The summed E-state index contributed by atoms with van der Waals surface area (Å²) in [5.74, 6) is 0.350. The molecule has 0 saturated heterocycles. The second-order valence-electron chi connectivity index (χ2n) is 7.16. The predicted octanol–water partition coefficient (Wildman–Crippen LogP) is 6.91. The van der Waals surface area contributed by atoms with E-state index in [9.17, 15) is 4.39 Å².